The second-order valence-corrected chi connectivity index (χ2v) is 10.1. The lowest BCUT2D eigenvalue weighted by Gasteiger charge is -2.34. The van der Waals surface area contributed by atoms with Crippen LogP contribution in [0.15, 0.2) is 53.6 Å². The van der Waals surface area contributed by atoms with Gasteiger partial charge in [-0.05, 0) is 55.2 Å². The molecule has 0 radical (unpaired) electrons. The fourth-order valence-electron chi connectivity index (χ4n) is 4.12. The van der Waals surface area contributed by atoms with Crippen LogP contribution in [-0.2, 0) is 30.8 Å². The molecule has 11 heteroatoms. The lowest BCUT2D eigenvalue weighted by atomic mass is 10.1. The van der Waals surface area contributed by atoms with Crippen LogP contribution in [0.5, 0.6) is 0 Å². The predicted molar refractivity (Wildman–Crippen MR) is 127 cm³/mol. The van der Waals surface area contributed by atoms with Gasteiger partial charge in [-0.1, -0.05) is 18.2 Å². The van der Waals surface area contributed by atoms with Gasteiger partial charge in [-0.3, -0.25) is 9.59 Å². The number of hydrogen-bond donors (Lipinski definition) is 3. The zero-order chi connectivity index (χ0) is 25.0. The van der Waals surface area contributed by atoms with Gasteiger partial charge >= 0.3 is 11.8 Å². The number of amides is 2. The van der Waals surface area contributed by atoms with Gasteiger partial charge in [-0.25, -0.2) is 12.8 Å². The molecule has 1 fully saturated rings. The molecule has 0 spiro atoms. The Labute approximate surface area is 202 Å². The third-order valence-electron chi connectivity index (χ3n) is 5.88. The van der Waals surface area contributed by atoms with E-state index in [1.807, 2.05) is 30.5 Å². The molecule has 0 unspecified atom stereocenters. The molecule has 1 saturated heterocycles. The van der Waals surface area contributed by atoms with Gasteiger partial charge in [0.05, 0.1) is 18.0 Å². The number of aryl methyl sites for hydroxylation is 1. The Morgan fingerprint density at radius 2 is 1.94 bits per heavy atom. The molecular weight excluding hydrogens is 475 g/mol. The third kappa shape index (κ3) is 5.53. The van der Waals surface area contributed by atoms with Crippen LogP contribution in [0.4, 0.5) is 4.39 Å². The van der Waals surface area contributed by atoms with E-state index >= 15 is 0 Å². The number of aromatic nitrogens is 1. The van der Waals surface area contributed by atoms with E-state index in [1.54, 1.807) is 0 Å². The van der Waals surface area contributed by atoms with E-state index in [2.05, 4.69) is 15.6 Å². The fraction of sp³-hybridized carbons (Fsp3) is 0.333. The second-order valence-electron chi connectivity index (χ2n) is 8.28. The monoisotopic (exact) mass is 502 g/mol. The van der Waals surface area contributed by atoms with Crippen molar-refractivity contribution in [1.29, 1.82) is 0 Å². The number of nitrogens with zero attached hydrogens (tertiary/aromatic N) is 1. The van der Waals surface area contributed by atoms with Crippen molar-refractivity contribution in [3.05, 3.63) is 65.6 Å². The SMILES string of the molecule is Cc1cc(F)ccc1S(=O)(=O)N1CCCO[C@@H]1CNC(=O)C(=O)NCCc1c[nH]c2ccccc12. The number of sulfonamides is 1. The number of H-pyrrole nitrogens is 1. The first-order valence-electron chi connectivity index (χ1n) is 11.3. The van der Waals surface area contributed by atoms with E-state index in [4.69, 9.17) is 4.74 Å². The van der Waals surface area contributed by atoms with Crippen molar-refractivity contribution in [3.8, 4) is 0 Å². The standard InChI is InChI=1S/C24H27FN4O5S/c1-16-13-18(25)7-8-21(16)35(32,33)29-11-4-12-34-22(29)15-28-24(31)23(30)26-10-9-17-14-27-20-6-3-2-5-19(17)20/h2-3,5-8,13-14,22,27H,4,9-12,15H2,1H3,(H,26,30)(H,28,31)/t22-/m1/s1. The molecule has 186 valence electrons. The van der Waals surface area contributed by atoms with Crippen LogP contribution in [0.25, 0.3) is 10.9 Å². The molecule has 0 bridgehead atoms. The first-order chi connectivity index (χ1) is 16.8. The summed E-state index contributed by atoms with van der Waals surface area (Å²) in [6, 6.07) is 11.2. The number of ether oxygens (including phenoxy) is 1. The molecular formula is C24H27FN4O5S. The molecule has 35 heavy (non-hydrogen) atoms. The summed E-state index contributed by atoms with van der Waals surface area (Å²) < 4.78 is 46.5. The number of fused-ring (bicyclic) bond motifs is 1. The smallest absolute Gasteiger partial charge is 0.309 e. The second kappa shape index (κ2) is 10.5. The molecule has 2 amide bonds. The number of carbonyl (C=O) groups is 2. The lowest BCUT2D eigenvalue weighted by molar-refractivity contribution is -0.140. The number of benzene rings is 2. The minimum absolute atomic E-state index is 0.0317. The number of para-hydroxylation sites is 1. The summed E-state index contributed by atoms with van der Waals surface area (Å²) in [5.41, 5.74) is 2.29. The highest BCUT2D eigenvalue weighted by Gasteiger charge is 2.35. The van der Waals surface area contributed by atoms with Crippen molar-refractivity contribution in [1.82, 2.24) is 19.9 Å². The summed E-state index contributed by atoms with van der Waals surface area (Å²) in [4.78, 5) is 27.7. The Kier molecular flexibility index (Phi) is 7.48. The Morgan fingerprint density at radius 1 is 1.17 bits per heavy atom. The molecule has 3 N–H and O–H groups in total. The summed E-state index contributed by atoms with van der Waals surface area (Å²) >= 11 is 0. The van der Waals surface area contributed by atoms with Crippen molar-refractivity contribution in [2.75, 3.05) is 26.2 Å². The van der Waals surface area contributed by atoms with Crippen LogP contribution < -0.4 is 10.6 Å². The van der Waals surface area contributed by atoms with Crippen LogP contribution in [0.2, 0.25) is 0 Å². The number of hydrogen-bond acceptors (Lipinski definition) is 5. The van der Waals surface area contributed by atoms with Crippen LogP contribution in [-0.4, -0.2) is 62.0 Å². The van der Waals surface area contributed by atoms with Crippen molar-refractivity contribution in [2.45, 2.75) is 30.9 Å². The number of halogens is 1. The Balaban J connectivity index is 1.33. The van der Waals surface area contributed by atoms with Gasteiger partial charge in [0, 0.05) is 30.2 Å². The molecule has 1 aromatic heterocycles. The third-order valence-corrected chi connectivity index (χ3v) is 7.93. The summed E-state index contributed by atoms with van der Waals surface area (Å²) in [6.45, 7) is 2.06. The zero-order valence-electron chi connectivity index (χ0n) is 19.2. The van der Waals surface area contributed by atoms with E-state index in [1.165, 1.54) is 13.0 Å². The van der Waals surface area contributed by atoms with Gasteiger partial charge in [-0.15, -0.1) is 0 Å². The molecule has 0 saturated carbocycles. The predicted octanol–water partition coefficient (Wildman–Crippen LogP) is 1.83. The molecule has 2 heterocycles. The average molecular weight is 503 g/mol. The Morgan fingerprint density at radius 3 is 2.74 bits per heavy atom. The quantitative estimate of drug-likeness (QED) is 0.426. The average Bonchev–Trinajstić information content (AvgIpc) is 3.25. The van der Waals surface area contributed by atoms with Gasteiger partial charge in [0.1, 0.15) is 12.0 Å². The van der Waals surface area contributed by atoms with Crippen molar-refractivity contribution in [3.63, 3.8) is 0 Å². The summed E-state index contributed by atoms with van der Waals surface area (Å²) in [6.07, 6.45) is 1.90. The molecule has 1 atom stereocenters. The van der Waals surface area contributed by atoms with E-state index in [9.17, 15) is 22.4 Å². The van der Waals surface area contributed by atoms with Crippen LogP contribution in [0.1, 0.15) is 17.5 Å². The number of carbonyl (C=O) groups excluding carboxylic acids is 2. The molecule has 4 rings (SSSR count). The zero-order valence-corrected chi connectivity index (χ0v) is 20.0. The molecule has 1 aliphatic heterocycles. The minimum Gasteiger partial charge on any atom is -0.361 e. The first kappa shape index (κ1) is 24.8. The summed E-state index contributed by atoms with van der Waals surface area (Å²) in [7, 11) is -4.00. The maximum atomic E-state index is 13.5. The summed E-state index contributed by atoms with van der Waals surface area (Å²) in [5.74, 6) is -2.23. The maximum absolute atomic E-state index is 13.5. The van der Waals surface area contributed by atoms with Gasteiger partial charge in [0.15, 0.2) is 0 Å². The Bertz CT molecular complexity index is 1340. The molecule has 0 aliphatic carbocycles. The maximum Gasteiger partial charge on any atom is 0.309 e. The first-order valence-corrected chi connectivity index (χ1v) is 12.7. The highest BCUT2D eigenvalue weighted by atomic mass is 32.2. The number of aromatic amines is 1. The normalized spacial score (nSPS) is 16.8. The lowest BCUT2D eigenvalue weighted by Crippen LogP contribution is -2.53. The van der Waals surface area contributed by atoms with E-state index in [0.29, 0.717) is 19.4 Å². The van der Waals surface area contributed by atoms with Crippen molar-refractivity contribution >= 4 is 32.7 Å². The molecule has 9 nitrogen and oxygen atoms in total. The highest BCUT2D eigenvalue weighted by Crippen LogP contribution is 2.25. The number of rotatable bonds is 7. The molecule has 2 aromatic carbocycles. The summed E-state index contributed by atoms with van der Waals surface area (Å²) in [5, 5.41) is 6.09. The van der Waals surface area contributed by atoms with Gasteiger partial charge in [0.2, 0.25) is 10.0 Å². The molecule has 3 aromatic rings. The number of nitrogens with one attached hydrogen (secondary N) is 3. The van der Waals surface area contributed by atoms with Crippen LogP contribution >= 0.6 is 0 Å². The largest absolute Gasteiger partial charge is 0.361 e. The minimum atomic E-state index is -4.00. The Hall–Kier alpha value is -3.28. The highest BCUT2D eigenvalue weighted by molar-refractivity contribution is 7.89. The van der Waals surface area contributed by atoms with E-state index in [0.717, 1.165) is 32.9 Å². The van der Waals surface area contributed by atoms with Crippen LogP contribution in [0.3, 0.4) is 0 Å². The van der Waals surface area contributed by atoms with Crippen LogP contribution in [0, 0.1) is 12.7 Å². The van der Waals surface area contributed by atoms with Crippen molar-refractivity contribution < 1.29 is 27.1 Å². The topological polar surface area (TPSA) is 121 Å². The van der Waals surface area contributed by atoms with Gasteiger partial charge in [0.25, 0.3) is 0 Å². The van der Waals surface area contributed by atoms with Gasteiger partial charge in [-0.2, -0.15) is 4.31 Å². The van der Waals surface area contributed by atoms with E-state index in [-0.39, 0.29) is 30.1 Å². The molecule has 1 aliphatic rings. The fourth-order valence-corrected chi connectivity index (χ4v) is 5.89. The van der Waals surface area contributed by atoms with Crippen molar-refractivity contribution in [2.24, 2.45) is 0 Å². The van der Waals surface area contributed by atoms with Gasteiger partial charge < -0.3 is 20.4 Å². The van der Waals surface area contributed by atoms with E-state index < -0.39 is 33.9 Å².